The third-order valence-corrected chi connectivity index (χ3v) is 5.30. The highest BCUT2D eigenvalue weighted by molar-refractivity contribution is 6.30. The molecular formula is C19H24ClN3O2. The summed E-state index contributed by atoms with van der Waals surface area (Å²) in [5.74, 6) is 1.41. The Morgan fingerprint density at radius 1 is 1.32 bits per heavy atom. The maximum Gasteiger partial charge on any atom is 0.249 e. The van der Waals surface area contributed by atoms with E-state index in [-0.39, 0.29) is 23.8 Å². The maximum atomic E-state index is 12.5. The van der Waals surface area contributed by atoms with Crippen molar-refractivity contribution in [2.75, 3.05) is 0 Å². The van der Waals surface area contributed by atoms with Gasteiger partial charge in [-0.2, -0.15) is 4.98 Å². The van der Waals surface area contributed by atoms with Crippen LogP contribution in [0.4, 0.5) is 0 Å². The first-order valence-corrected chi connectivity index (χ1v) is 9.36. The zero-order chi connectivity index (χ0) is 17.8. The Balaban J connectivity index is 1.79. The molecular weight excluding hydrogens is 338 g/mol. The second-order valence-electron chi connectivity index (χ2n) is 6.82. The molecule has 1 heterocycles. The van der Waals surface area contributed by atoms with Crippen molar-refractivity contribution < 1.29 is 9.32 Å². The highest BCUT2D eigenvalue weighted by Gasteiger charge is 2.30. The smallest absolute Gasteiger partial charge is 0.249 e. The number of rotatable bonds is 6. The van der Waals surface area contributed by atoms with E-state index in [0.29, 0.717) is 16.7 Å². The second kappa shape index (κ2) is 8.00. The Morgan fingerprint density at radius 2 is 2.00 bits per heavy atom. The molecule has 0 saturated heterocycles. The highest BCUT2D eigenvalue weighted by Crippen LogP contribution is 2.29. The van der Waals surface area contributed by atoms with E-state index < -0.39 is 0 Å². The van der Waals surface area contributed by atoms with Crippen LogP contribution in [-0.4, -0.2) is 16.0 Å². The molecule has 1 saturated carbocycles. The molecule has 2 unspecified atom stereocenters. The summed E-state index contributed by atoms with van der Waals surface area (Å²) in [4.78, 5) is 17.1. The fourth-order valence-electron chi connectivity index (χ4n) is 3.22. The molecule has 1 N–H and O–H groups in total. The quantitative estimate of drug-likeness (QED) is 0.803. The fourth-order valence-corrected chi connectivity index (χ4v) is 3.35. The van der Waals surface area contributed by atoms with Crippen molar-refractivity contribution in [2.24, 2.45) is 11.8 Å². The van der Waals surface area contributed by atoms with Crippen LogP contribution in [0.5, 0.6) is 0 Å². The number of benzene rings is 1. The number of carbonyl (C=O) groups is 1. The standard InChI is InChI=1S/C19H24ClN3O2/c1-3-12(2)16(21-18(24)14-6-4-5-7-14)19-22-17(23-25-19)13-8-10-15(20)11-9-13/h8-12,14,16H,3-7H2,1-2H3,(H,21,24). The third kappa shape index (κ3) is 4.21. The Labute approximate surface area is 153 Å². The van der Waals surface area contributed by atoms with Crippen LogP contribution in [0.15, 0.2) is 28.8 Å². The number of halogens is 1. The Hall–Kier alpha value is -1.88. The van der Waals surface area contributed by atoms with Crippen molar-refractivity contribution in [2.45, 2.75) is 52.0 Å². The number of hydrogen-bond acceptors (Lipinski definition) is 4. The highest BCUT2D eigenvalue weighted by atomic mass is 35.5. The van der Waals surface area contributed by atoms with E-state index in [2.05, 4.69) is 29.3 Å². The average Bonchev–Trinajstić information content (AvgIpc) is 3.31. The van der Waals surface area contributed by atoms with Gasteiger partial charge in [0.1, 0.15) is 6.04 Å². The second-order valence-corrected chi connectivity index (χ2v) is 7.25. The molecule has 2 aromatic rings. The Bertz CT molecular complexity index is 708. The number of carbonyl (C=O) groups excluding carboxylic acids is 1. The van der Waals surface area contributed by atoms with Crippen LogP contribution in [-0.2, 0) is 4.79 Å². The largest absolute Gasteiger partial charge is 0.344 e. The molecule has 1 aromatic heterocycles. The summed E-state index contributed by atoms with van der Waals surface area (Å²) in [6.07, 6.45) is 5.12. The first kappa shape index (κ1) is 17.9. The lowest BCUT2D eigenvalue weighted by molar-refractivity contribution is -0.126. The molecule has 0 radical (unpaired) electrons. The Kier molecular flexibility index (Phi) is 5.74. The van der Waals surface area contributed by atoms with Crippen molar-refractivity contribution >= 4 is 17.5 Å². The van der Waals surface area contributed by atoms with Crippen LogP contribution in [0, 0.1) is 11.8 Å². The zero-order valence-electron chi connectivity index (χ0n) is 14.7. The summed E-state index contributed by atoms with van der Waals surface area (Å²) >= 11 is 5.92. The van der Waals surface area contributed by atoms with Crippen molar-refractivity contribution in [1.29, 1.82) is 0 Å². The SMILES string of the molecule is CCC(C)C(NC(=O)C1CCCC1)c1nc(-c2ccc(Cl)cc2)no1. The molecule has 1 amide bonds. The molecule has 134 valence electrons. The van der Waals surface area contributed by atoms with E-state index in [4.69, 9.17) is 16.1 Å². The molecule has 5 nitrogen and oxygen atoms in total. The van der Waals surface area contributed by atoms with Crippen molar-refractivity contribution in [3.63, 3.8) is 0 Å². The summed E-state index contributed by atoms with van der Waals surface area (Å²) in [7, 11) is 0. The van der Waals surface area contributed by atoms with Gasteiger partial charge in [0.15, 0.2) is 0 Å². The molecule has 25 heavy (non-hydrogen) atoms. The summed E-state index contributed by atoms with van der Waals surface area (Å²) < 4.78 is 5.49. The van der Waals surface area contributed by atoms with E-state index >= 15 is 0 Å². The molecule has 1 aromatic carbocycles. The van der Waals surface area contributed by atoms with Crippen LogP contribution in [0.2, 0.25) is 5.02 Å². The summed E-state index contributed by atoms with van der Waals surface area (Å²) in [6.45, 7) is 4.18. The zero-order valence-corrected chi connectivity index (χ0v) is 15.4. The minimum atomic E-state index is -0.258. The van der Waals surface area contributed by atoms with E-state index in [0.717, 1.165) is 37.7 Å². The monoisotopic (exact) mass is 361 g/mol. The van der Waals surface area contributed by atoms with Gasteiger partial charge in [-0.05, 0) is 43.0 Å². The molecule has 1 aliphatic carbocycles. The van der Waals surface area contributed by atoms with Crippen molar-refractivity contribution in [3.05, 3.63) is 35.2 Å². The minimum Gasteiger partial charge on any atom is -0.344 e. The average molecular weight is 362 g/mol. The fraction of sp³-hybridized carbons (Fsp3) is 0.526. The van der Waals surface area contributed by atoms with Crippen LogP contribution in [0.1, 0.15) is 57.9 Å². The lowest BCUT2D eigenvalue weighted by Crippen LogP contribution is -2.36. The van der Waals surface area contributed by atoms with Crippen LogP contribution in [0.3, 0.4) is 0 Å². The molecule has 0 bridgehead atoms. The van der Waals surface area contributed by atoms with Gasteiger partial charge in [0.2, 0.25) is 17.6 Å². The molecule has 1 aliphatic rings. The lowest BCUT2D eigenvalue weighted by Gasteiger charge is -2.22. The summed E-state index contributed by atoms with van der Waals surface area (Å²) in [5, 5.41) is 7.88. The van der Waals surface area contributed by atoms with Crippen LogP contribution < -0.4 is 5.32 Å². The summed E-state index contributed by atoms with van der Waals surface area (Å²) in [5.41, 5.74) is 0.837. The van der Waals surface area contributed by atoms with Gasteiger partial charge in [-0.25, -0.2) is 0 Å². The topological polar surface area (TPSA) is 68.0 Å². The van der Waals surface area contributed by atoms with Crippen molar-refractivity contribution in [1.82, 2.24) is 15.5 Å². The first-order valence-electron chi connectivity index (χ1n) is 8.98. The normalized spacial score (nSPS) is 17.4. The van der Waals surface area contributed by atoms with Crippen LogP contribution >= 0.6 is 11.6 Å². The molecule has 1 fully saturated rings. The number of aromatic nitrogens is 2. The number of nitrogens with one attached hydrogen (secondary N) is 1. The van der Waals surface area contributed by atoms with E-state index in [1.807, 2.05) is 12.1 Å². The van der Waals surface area contributed by atoms with Gasteiger partial charge in [-0.15, -0.1) is 0 Å². The lowest BCUT2D eigenvalue weighted by atomic mass is 9.97. The first-order chi connectivity index (χ1) is 12.1. The molecule has 6 heteroatoms. The predicted molar refractivity (Wildman–Crippen MR) is 97.0 cm³/mol. The minimum absolute atomic E-state index is 0.106. The maximum absolute atomic E-state index is 12.5. The number of nitrogens with zero attached hydrogens (tertiary/aromatic N) is 2. The molecule has 0 spiro atoms. The van der Waals surface area contributed by atoms with Gasteiger partial charge in [0.05, 0.1) is 0 Å². The Morgan fingerprint density at radius 3 is 2.64 bits per heavy atom. The van der Waals surface area contributed by atoms with Gasteiger partial charge in [-0.3, -0.25) is 4.79 Å². The molecule has 2 atom stereocenters. The van der Waals surface area contributed by atoms with Crippen LogP contribution in [0.25, 0.3) is 11.4 Å². The summed E-state index contributed by atoms with van der Waals surface area (Å²) in [6, 6.07) is 7.03. The number of hydrogen-bond donors (Lipinski definition) is 1. The van der Waals surface area contributed by atoms with Gasteiger partial charge >= 0.3 is 0 Å². The molecule has 0 aliphatic heterocycles. The van der Waals surface area contributed by atoms with E-state index in [9.17, 15) is 4.79 Å². The van der Waals surface area contributed by atoms with Gasteiger partial charge < -0.3 is 9.84 Å². The molecule has 3 rings (SSSR count). The van der Waals surface area contributed by atoms with E-state index in [1.165, 1.54) is 0 Å². The predicted octanol–water partition coefficient (Wildman–Crippen LogP) is 4.78. The number of amides is 1. The van der Waals surface area contributed by atoms with Gasteiger partial charge in [0, 0.05) is 16.5 Å². The third-order valence-electron chi connectivity index (χ3n) is 5.05. The van der Waals surface area contributed by atoms with Gasteiger partial charge in [0.25, 0.3) is 0 Å². The van der Waals surface area contributed by atoms with Crippen molar-refractivity contribution in [3.8, 4) is 11.4 Å². The van der Waals surface area contributed by atoms with E-state index in [1.54, 1.807) is 12.1 Å². The van der Waals surface area contributed by atoms with Gasteiger partial charge in [-0.1, -0.05) is 49.9 Å².